The molecular formula is C9H13NO6S. The number of hydrogen-bond acceptors (Lipinski definition) is 5. The minimum absolute atomic E-state index is 0.194. The third-order valence-corrected chi connectivity index (χ3v) is 3.21. The van der Waals surface area contributed by atoms with Gasteiger partial charge >= 0.3 is 5.97 Å². The van der Waals surface area contributed by atoms with Crippen molar-refractivity contribution in [3.05, 3.63) is 17.9 Å². The number of carboxylic acids is 1. The minimum atomic E-state index is -3.79. The summed E-state index contributed by atoms with van der Waals surface area (Å²) in [6, 6.07) is 2.19. The van der Waals surface area contributed by atoms with Gasteiger partial charge in [-0.15, -0.1) is 0 Å². The average molecular weight is 263 g/mol. The monoisotopic (exact) mass is 263 g/mol. The van der Waals surface area contributed by atoms with E-state index in [0.717, 1.165) is 12.1 Å². The van der Waals surface area contributed by atoms with Crippen molar-refractivity contribution in [3.63, 3.8) is 0 Å². The highest BCUT2D eigenvalue weighted by Crippen LogP contribution is 2.13. The smallest absolute Gasteiger partial charge is 0.371 e. The summed E-state index contributed by atoms with van der Waals surface area (Å²) in [6.45, 7) is 0.625. The number of nitrogens with one attached hydrogen (secondary N) is 1. The molecule has 0 aliphatic carbocycles. The largest absolute Gasteiger partial charge is 0.475 e. The molecule has 0 radical (unpaired) electrons. The van der Waals surface area contributed by atoms with Crippen molar-refractivity contribution in [1.82, 2.24) is 4.72 Å². The third-order valence-electron chi connectivity index (χ3n) is 1.87. The zero-order valence-corrected chi connectivity index (χ0v) is 9.99. The van der Waals surface area contributed by atoms with E-state index in [1.807, 2.05) is 0 Å². The van der Waals surface area contributed by atoms with Gasteiger partial charge in [0.2, 0.25) is 10.9 Å². The number of ether oxygens (including phenoxy) is 1. The Balaban J connectivity index is 2.66. The van der Waals surface area contributed by atoms with Crippen LogP contribution >= 0.6 is 0 Å². The Morgan fingerprint density at radius 2 is 2.24 bits per heavy atom. The second-order valence-electron chi connectivity index (χ2n) is 3.17. The molecule has 1 rings (SSSR count). The first-order valence-electron chi connectivity index (χ1n) is 4.79. The van der Waals surface area contributed by atoms with Gasteiger partial charge in [-0.2, -0.15) is 0 Å². The van der Waals surface area contributed by atoms with Crippen LogP contribution in [0.3, 0.4) is 0 Å². The molecule has 0 aliphatic rings. The zero-order valence-electron chi connectivity index (χ0n) is 9.17. The lowest BCUT2D eigenvalue weighted by Crippen LogP contribution is -2.25. The number of carbonyl (C=O) groups is 1. The van der Waals surface area contributed by atoms with Gasteiger partial charge in [0.15, 0.2) is 0 Å². The molecule has 8 heteroatoms. The highest BCUT2D eigenvalue weighted by atomic mass is 32.2. The summed E-state index contributed by atoms with van der Waals surface area (Å²) < 4.78 is 34.9. The predicted octanol–water partition coefficient (Wildman–Crippen LogP) is 0.293. The molecule has 0 aromatic carbocycles. The van der Waals surface area contributed by atoms with Crippen LogP contribution in [0.25, 0.3) is 0 Å². The average Bonchev–Trinajstić information content (AvgIpc) is 2.74. The molecule has 0 fully saturated rings. The molecule has 0 amide bonds. The quantitative estimate of drug-likeness (QED) is 0.685. The van der Waals surface area contributed by atoms with E-state index in [-0.39, 0.29) is 6.54 Å². The molecule has 0 unspecified atom stereocenters. The van der Waals surface area contributed by atoms with E-state index in [2.05, 4.69) is 9.14 Å². The van der Waals surface area contributed by atoms with Crippen molar-refractivity contribution >= 4 is 16.0 Å². The SMILES string of the molecule is COCCCNS(=O)(=O)c1ccc(C(=O)O)o1. The molecule has 0 bridgehead atoms. The summed E-state index contributed by atoms with van der Waals surface area (Å²) in [7, 11) is -2.27. The van der Waals surface area contributed by atoms with Gasteiger partial charge in [-0.25, -0.2) is 17.9 Å². The Morgan fingerprint density at radius 3 is 2.76 bits per heavy atom. The standard InChI is InChI=1S/C9H13NO6S/c1-15-6-2-5-10-17(13,14)8-4-3-7(16-8)9(11)12/h3-4,10H,2,5-6H2,1H3,(H,11,12). The number of methoxy groups -OCH3 is 1. The van der Waals surface area contributed by atoms with Crippen molar-refractivity contribution in [2.75, 3.05) is 20.3 Å². The van der Waals surface area contributed by atoms with Crippen LogP contribution in [0.1, 0.15) is 17.0 Å². The Kier molecular flexibility index (Phi) is 4.67. The van der Waals surface area contributed by atoms with Crippen LogP contribution in [0.4, 0.5) is 0 Å². The van der Waals surface area contributed by atoms with Gasteiger partial charge in [-0.3, -0.25) is 0 Å². The van der Waals surface area contributed by atoms with Crippen LogP contribution in [-0.2, 0) is 14.8 Å². The molecule has 1 heterocycles. The number of rotatable bonds is 7. The first kappa shape index (κ1) is 13.7. The van der Waals surface area contributed by atoms with Gasteiger partial charge in [0, 0.05) is 20.3 Å². The normalized spacial score (nSPS) is 11.6. The molecule has 1 aromatic rings. The Labute approximate surface area is 98.4 Å². The maximum absolute atomic E-state index is 11.6. The highest BCUT2D eigenvalue weighted by Gasteiger charge is 2.20. The summed E-state index contributed by atoms with van der Waals surface area (Å²) in [6.07, 6.45) is 0.516. The number of aromatic carboxylic acids is 1. The Morgan fingerprint density at radius 1 is 1.53 bits per heavy atom. The predicted molar refractivity (Wildman–Crippen MR) is 57.3 cm³/mol. The molecule has 96 valence electrons. The number of carboxylic acid groups (broad SMARTS) is 1. The van der Waals surface area contributed by atoms with E-state index >= 15 is 0 Å². The van der Waals surface area contributed by atoms with E-state index in [1.165, 1.54) is 7.11 Å². The Hall–Kier alpha value is -1.38. The summed E-state index contributed by atoms with van der Waals surface area (Å²) in [4.78, 5) is 10.5. The number of sulfonamides is 1. The lowest BCUT2D eigenvalue weighted by atomic mass is 10.5. The topological polar surface area (TPSA) is 106 Å². The molecule has 1 aromatic heterocycles. The van der Waals surface area contributed by atoms with E-state index in [1.54, 1.807) is 0 Å². The van der Waals surface area contributed by atoms with Gasteiger partial charge in [0.25, 0.3) is 10.0 Å². The number of hydrogen-bond donors (Lipinski definition) is 2. The lowest BCUT2D eigenvalue weighted by Gasteiger charge is -2.03. The van der Waals surface area contributed by atoms with E-state index in [9.17, 15) is 13.2 Å². The zero-order chi connectivity index (χ0) is 12.9. The van der Waals surface area contributed by atoms with Crippen LogP contribution < -0.4 is 4.72 Å². The van der Waals surface area contributed by atoms with Crippen molar-refractivity contribution in [1.29, 1.82) is 0 Å². The molecule has 17 heavy (non-hydrogen) atoms. The summed E-state index contributed by atoms with van der Waals surface area (Å²) in [5.41, 5.74) is 0. The highest BCUT2D eigenvalue weighted by molar-refractivity contribution is 7.89. The molecular weight excluding hydrogens is 250 g/mol. The van der Waals surface area contributed by atoms with Gasteiger partial charge in [0.1, 0.15) is 0 Å². The maximum Gasteiger partial charge on any atom is 0.371 e. The molecule has 0 saturated heterocycles. The summed E-state index contributed by atoms with van der Waals surface area (Å²) in [5.74, 6) is -1.73. The molecule has 0 saturated carbocycles. The van der Waals surface area contributed by atoms with Crippen LogP contribution in [0.5, 0.6) is 0 Å². The minimum Gasteiger partial charge on any atom is -0.475 e. The van der Waals surface area contributed by atoms with Crippen LogP contribution in [-0.4, -0.2) is 39.8 Å². The second kappa shape index (κ2) is 5.80. The van der Waals surface area contributed by atoms with Crippen molar-refractivity contribution in [3.8, 4) is 0 Å². The summed E-state index contributed by atoms with van der Waals surface area (Å²) in [5, 5.41) is 8.17. The fourth-order valence-electron chi connectivity index (χ4n) is 1.07. The van der Waals surface area contributed by atoms with Gasteiger partial charge in [-0.05, 0) is 18.6 Å². The lowest BCUT2D eigenvalue weighted by molar-refractivity contribution is 0.0656. The molecule has 0 aliphatic heterocycles. The first-order chi connectivity index (χ1) is 7.97. The first-order valence-corrected chi connectivity index (χ1v) is 6.27. The maximum atomic E-state index is 11.6. The van der Waals surface area contributed by atoms with Crippen LogP contribution in [0.2, 0.25) is 0 Å². The third kappa shape index (κ3) is 3.84. The summed E-state index contributed by atoms with van der Waals surface area (Å²) >= 11 is 0. The molecule has 0 atom stereocenters. The molecule has 0 spiro atoms. The van der Waals surface area contributed by atoms with Gasteiger partial charge in [-0.1, -0.05) is 0 Å². The van der Waals surface area contributed by atoms with Crippen molar-refractivity contribution in [2.45, 2.75) is 11.5 Å². The Bertz CT molecular complexity index is 477. The van der Waals surface area contributed by atoms with Crippen molar-refractivity contribution in [2.24, 2.45) is 0 Å². The van der Waals surface area contributed by atoms with Crippen LogP contribution in [0.15, 0.2) is 21.6 Å². The fourth-order valence-corrected chi connectivity index (χ4v) is 2.08. The van der Waals surface area contributed by atoms with Gasteiger partial charge in [0.05, 0.1) is 0 Å². The van der Waals surface area contributed by atoms with Crippen LogP contribution in [0, 0.1) is 0 Å². The van der Waals surface area contributed by atoms with E-state index in [0.29, 0.717) is 13.0 Å². The van der Waals surface area contributed by atoms with Crippen molar-refractivity contribution < 1.29 is 27.5 Å². The van der Waals surface area contributed by atoms with E-state index in [4.69, 9.17) is 9.84 Å². The fraction of sp³-hybridized carbons (Fsp3) is 0.444. The number of furan rings is 1. The second-order valence-corrected chi connectivity index (χ2v) is 4.87. The molecule has 2 N–H and O–H groups in total. The van der Waals surface area contributed by atoms with Gasteiger partial charge < -0.3 is 14.3 Å². The van der Waals surface area contributed by atoms with E-state index < -0.39 is 26.8 Å². The molecule has 7 nitrogen and oxygen atoms in total.